The highest BCUT2D eigenvalue weighted by Gasteiger charge is 2.33. The van der Waals surface area contributed by atoms with Crippen LogP contribution in [0.4, 0.5) is 13.2 Å². The third-order valence-corrected chi connectivity index (χ3v) is 4.46. The van der Waals surface area contributed by atoms with Gasteiger partial charge in [0.25, 0.3) is 0 Å². The van der Waals surface area contributed by atoms with Crippen molar-refractivity contribution < 1.29 is 13.2 Å². The van der Waals surface area contributed by atoms with Crippen molar-refractivity contribution in [3.63, 3.8) is 0 Å². The number of alkyl halides is 4. The molecule has 0 aliphatic rings. The molecule has 1 atom stereocenters. The second-order valence-electron chi connectivity index (χ2n) is 3.71. The van der Waals surface area contributed by atoms with E-state index in [1.165, 1.54) is 17.8 Å². The highest BCUT2D eigenvalue weighted by molar-refractivity contribution is 9.10. The zero-order chi connectivity index (χ0) is 13.1. The fourth-order valence-corrected chi connectivity index (χ4v) is 2.80. The van der Waals surface area contributed by atoms with Gasteiger partial charge in [0.1, 0.15) is 0 Å². The SMILES string of the molecule is CC(CCl)CSc1ccc(Br)cc1C(F)(F)F. The smallest absolute Gasteiger partial charge is 0.166 e. The Bertz CT molecular complexity index is 381. The van der Waals surface area contributed by atoms with Crippen LogP contribution in [0, 0.1) is 5.92 Å². The lowest BCUT2D eigenvalue weighted by Crippen LogP contribution is -2.08. The Labute approximate surface area is 116 Å². The Morgan fingerprint density at radius 1 is 1.41 bits per heavy atom. The van der Waals surface area contributed by atoms with Crippen molar-refractivity contribution in [2.75, 3.05) is 11.6 Å². The summed E-state index contributed by atoms with van der Waals surface area (Å²) in [7, 11) is 0. The van der Waals surface area contributed by atoms with E-state index in [-0.39, 0.29) is 10.8 Å². The van der Waals surface area contributed by atoms with E-state index < -0.39 is 11.7 Å². The van der Waals surface area contributed by atoms with E-state index >= 15 is 0 Å². The van der Waals surface area contributed by atoms with Gasteiger partial charge in [-0.2, -0.15) is 13.2 Å². The number of hydrogen-bond acceptors (Lipinski definition) is 1. The molecule has 0 nitrogen and oxygen atoms in total. The van der Waals surface area contributed by atoms with Crippen molar-refractivity contribution in [3.8, 4) is 0 Å². The lowest BCUT2D eigenvalue weighted by atomic mass is 10.2. The molecule has 0 heterocycles. The molecule has 0 radical (unpaired) electrons. The first-order valence-electron chi connectivity index (χ1n) is 4.90. The number of halogens is 5. The zero-order valence-electron chi connectivity index (χ0n) is 9.02. The largest absolute Gasteiger partial charge is 0.417 e. The summed E-state index contributed by atoms with van der Waals surface area (Å²) in [6.07, 6.45) is -4.32. The van der Waals surface area contributed by atoms with Crippen molar-refractivity contribution in [2.24, 2.45) is 5.92 Å². The summed E-state index contributed by atoms with van der Waals surface area (Å²) in [5.74, 6) is 1.21. The van der Waals surface area contributed by atoms with Crippen LogP contribution in [0.3, 0.4) is 0 Å². The number of hydrogen-bond donors (Lipinski definition) is 0. The minimum Gasteiger partial charge on any atom is -0.166 e. The second kappa shape index (κ2) is 6.34. The summed E-state index contributed by atoms with van der Waals surface area (Å²) in [5, 5.41) is 0. The molecule has 0 N–H and O–H groups in total. The van der Waals surface area contributed by atoms with Gasteiger partial charge < -0.3 is 0 Å². The average Bonchev–Trinajstić information content (AvgIpc) is 2.25. The van der Waals surface area contributed by atoms with Gasteiger partial charge in [0.15, 0.2) is 0 Å². The summed E-state index contributed by atoms with van der Waals surface area (Å²) in [5.41, 5.74) is -0.598. The van der Waals surface area contributed by atoms with Crippen molar-refractivity contribution in [2.45, 2.75) is 18.0 Å². The van der Waals surface area contributed by atoms with Crippen LogP contribution < -0.4 is 0 Å². The lowest BCUT2D eigenvalue weighted by molar-refractivity contribution is -0.139. The summed E-state index contributed by atoms with van der Waals surface area (Å²) < 4.78 is 38.8. The van der Waals surface area contributed by atoms with Gasteiger partial charge in [-0.3, -0.25) is 0 Å². The molecular formula is C11H11BrClF3S. The third kappa shape index (κ3) is 4.72. The maximum Gasteiger partial charge on any atom is 0.417 e. The van der Waals surface area contributed by atoms with E-state index in [4.69, 9.17) is 11.6 Å². The minimum atomic E-state index is -4.32. The monoisotopic (exact) mass is 346 g/mol. The normalized spacial score (nSPS) is 13.8. The first-order chi connectivity index (χ1) is 7.84. The summed E-state index contributed by atoms with van der Waals surface area (Å²) >= 11 is 9.87. The van der Waals surface area contributed by atoms with Crippen LogP contribution in [0.5, 0.6) is 0 Å². The Kier molecular flexibility index (Phi) is 5.67. The molecule has 0 aromatic heterocycles. The predicted octanol–water partition coefficient (Wildman–Crippen LogP) is 5.43. The quantitative estimate of drug-likeness (QED) is 0.516. The van der Waals surface area contributed by atoms with E-state index in [0.29, 0.717) is 16.1 Å². The number of rotatable bonds is 4. The van der Waals surface area contributed by atoms with E-state index in [9.17, 15) is 13.2 Å². The van der Waals surface area contributed by atoms with Gasteiger partial charge in [-0.25, -0.2) is 0 Å². The van der Waals surface area contributed by atoms with E-state index in [1.807, 2.05) is 6.92 Å². The lowest BCUT2D eigenvalue weighted by Gasteiger charge is -2.14. The van der Waals surface area contributed by atoms with Crippen LogP contribution in [0.25, 0.3) is 0 Å². The molecule has 0 amide bonds. The fraction of sp³-hybridized carbons (Fsp3) is 0.455. The standard InChI is InChI=1S/C11H11BrClF3S/c1-7(5-13)6-17-10-3-2-8(12)4-9(10)11(14,15)16/h2-4,7H,5-6H2,1H3. The number of thioether (sulfide) groups is 1. The highest BCUT2D eigenvalue weighted by atomic mass is 79.9. The van der Waals surface area contributed by atoms with Gasteiger partial charge >= 0.3 is 6.18 Å². The van der Waals surface area contributed by atoms with Gasteiger partial charge in [-0.15, -0.1) is 23.4 Å². The molecule has 0 aliphatic carbocycles. The molecule has 96 valence electrons. The van der Waals surface area contributed by atoms with E-state index in [2.05, 4.69) is 15.9 Å². The molecule has 1 aromatic rings. The van der Waals surface area contributed by atoms with Crippen molar-refractivity contribution >= 4 is 39.3 Å². The maximum atomic E-state index is 12.8. The maximum absolute atomic E-state index is 12.8. The molecule has 6 heteroatoms. The summed E-state index contributed by atoms with van der Waals surface area (Å²) in [6, 6.07) is 4.20. The molecule has 17 heavy (non-hydrogen) atoms. The summed E-state index contributed by atoms with van der Waals surface area (Å²) in [6.45, 7) is 1.91. The van der Waals surface area contributed by atoms with Gasteiger partial charge in [-0.05, 0) is 24.1 Å². The van der Waals surface area contributed by atoms with Gasteiger partial charge in [-0.1, -0.05) is 22.9 Å². The van der Waals surface area contributed by atoms with Crippen LogP contribution in [-0.4, -0.2) is 11.6 Å². The molecule has 1 aromatic carbocycles. The highest BCUT2D eigenvalue weighted by Crippen LogP contribution is 2.38. The van der Waals surface area contributed by atoms with Crippen molar-refractivity contribution in [1.82, 2.24) is 0 Å². The second-order valence-corrected chi connectivity index (χ2v) is 5.99. The van der Waals surface area contributed by atoms with E-state index in [1.54, 1.807) is 6.07 Å². The van der Waals surface area contributed by atoms with Crippen LogP contribution in [-0.2, 0) is 6.18 Å². The molecule has 0 spiro atoms. The Hall–Kier alpha value is 0.130. The number of benzene rings is 1. The molecule has 1 unspecified atom stereocenters. The van der Waals surface area contributed by atoms with E-state index in [0.717, 1.165) is 6.07 Å². The Morgan fingerprint density at radius 2 is 2.06 bits per heavy atom. The van der Waals surface area contributed by atoms with Crippen LogP contribution in [0.15, 0.2) is 27.6 Å². The van der Waals surface area contributed by atoms with Gasteiger partial charge in [0, 0.05) is 21.0 Å². The zero-order valence-corrected chi connectivity index (χ0v) is 12.2. The Morgan fingerprint density at radius 3 is 2.59 bits per heavy atom. The van der Waals surface area contributed by atoms with Crippen LogP contribution in [0.1, 0.15) is 12.5 Å². The molecule has 0 fully saturated rings. The van der Waals surface area contributed by atoms with Crippen molar-refractivity contribution in [3.05, 3.63) is 28.2 Å². The molecule has 0 bridgehead atoms. The third-order valence-electron chi connectivity index (χ3n) is 2.03. The topological polar surface area (TPSA) is 0 Å². The Balaban J connectivity index is 2.91. The molecule has 0 saturated heterocycles. The minimum absolute atomic E-state index is 0.186. The van der Waals surface area contributed by atoms with Gasteiger partial charge in [0.2, 0.25) is 0 Å². The van der Waals surface area contributed by atoms with Crippen LogP contribution >= 0.6 is 39.3 Å². The first kappa shape index (κ1) is 15.2. The fourth-order valence-electron chi connectivity index (χ4n) is 1.13. The molecule has 1 rings (SSSR count). The molecular weight excluding hydrogens is 337 g/mol. The molecule has 0 saturated carbocycles. The predicted molar refractivity (Wildman–Crippen MR) is 69.8 cm³/mol. The van der Waals surface area contributed by atoms with Gasteiger partial charge in [0.05, 0.1) is 5.56 Å². The van der Waals surface area contributed by atoms with Crippen LogP contribution in [0.2, 0.25) is 0 Å². The van der Waals surface area contributed by atoms with Crippen molar-refractivity contribution in [1.29, 1.82) is 0 Å². The summed E-state index contributed by atoms with van der Waals surface area (Å²) in [4.78, 5) is 0.248. The first-order valence-corrected chi connectivity index (χ1v) is 7.21. The molecule has 0 aliphatic heterocycles. The average molecular weight is 348 g/mol.